The van der Waals surface area contributed by atoms with Crippen LogP contribution in [-0.4, -0.2) is 29.3 Å². The maximum Gasteiger partial charge on any atom is 0.341 e. The van der Waals surface area contributed by atoms with Crippen molar-refractivity contribution in [3.05, 3.63) is 73.0 Å². The Morgan fingerprint density at radius 3 is 2.63 bits per heavy atom. The summed E-state index contributed by atoms with van der Waals surface area (Å²) in [6.07, 6.45) is 0.599. The number of carbonyl (C=O) groups excluding carboxylic acids is 3. The minimum absolute atomic E-state index is 0.0459. The highest BCUT2D eigenvalue weighted by Crippen LogP contribution is 2.34. The van der Waals surface area contributed by atoms with Crippen LogP contribution < -0.4 is 15.8 Å². The number of ether oxygens (including phenoxy) is 2. The number of nitro benzene ring substituents is 1. The van der Waals surface area contributed by atoms with E-state index in [1.54, 1.807) is 6.92 Å². The average Bonchev–Trinajstić information content (AvgIpc) is 3.41. The smallest absolute Gasteiger partial charge is 0.341 e. The lowest BCUT2D eigenvalue weighted by atomic mass is 10.1. The number of nitrogens with two attached hydrogens (primary N) is 1. The number of amides is 2. The second-order valence-corrected chi connectivity index (χ2v) is 8.57. The minimum atomic E-state index is -0.736. The van der Waals surface area contributed by atoms with Crippen LogP contribution in [0.3, 0.4) is 0 Å². The first-order valence-corrected chi connectivity index (χ1v) is 11.4. The van der Waals surface area contributed by atoms with Crippen molar-refractivity contribution in [2.45, 2.75) is 26.9 Å². The van der Waals surface area contributed by atoms with Crippen LogP contribution in [0.25, 0.3) is 0 Å². The number of nitrogens with one attached hydrogen (secondary N) is 1. The Bertz CT molecular complexity index is 1300. The standard InChI is InChI=1S/C22H20ClN3O8S/c1-3-8-32-22(29)17-11(2)18(19(24)27)35-21(17)25-20(28)16-7-5-13(34-16)10-33-15-6-4-12(26(30)31)9-14(15)23/h4-7,9H,3,8,10H2,1-2H3,(H2,24,27)(H,25,28). The highest BCUT2D eigenvalue weighted by Gasteiger charge is 2.26. The normalized spacial score (nSPS) is 10.6. The van der Waals surface area contributed by atoms with Crippen molar-refractivity contribution in [1.82, 2.24) is 0 Å². The van der Waals surface area contributed by atoms with Crippen LogP contribution in [0, 0.1) is 17.0 Å². The molecule has 35 heavy (non-hydrogen) atoms. The van der Waals surface area contributed by atoms with E-state index in [0.29, 0.717) is 12.0 Å². The van der Waals surface area contributed by atoms with Crippen molar-refractivity contribution in [2.75, 3.05) is 11.9 Å². The Balaban J connectivity index is 1.73. The van der Waals surface area contributed by atoms with Crippen molar-refractivity contribution >= 4 is 51.4 Å². The summed E-state index contributed by atoms with van der Waals surface area (Å²) in [5.74, 6) is -1.71. The van der Waals surface area contributed by atoms with Gasteiger partial charge in [0, 0.05) is 12.1 Å². The molecule has 0 saturated heterocycles. The van der Waals surface area contributed by atoms with Crippen LogP contribution in [0.15, 0.2) is 34.7 Å². The average molecular weight is 522 g/mol. The first kappa shape index (κ1) is 25.7. The Morgan fingerprint density at radius 2 is 2.00 bits per heavy atom. The summed E-state index contributed by atoms with van der Waals surface area (Å²) >= 11 is 6.86. The Kier molecular flexibility index (Phi) is 8.10. The molecular weight excluding hydrogens is 502 g/mol. The van der Waals surface area contributed by atoms with Gasteiger partial charge < -0.3 is 24.9 Å². The molecule has 2 heterocycles. The summed E-state index contributed by atoms with van der Waals surface area (Å²) in [6, 6.07) is 6.65. The number of nitro groups is 1. The molecule has 0 atom stereocenters. The number of rotatable bonds is 10. The third-order valence-corrected chi connectivity index (χ3v) is 6.14. The molecule has 0 spiro atoms. The second kappa shape index (κ2) is 11.0. The van der Waals surface area contributed by atoms with Crippen LogP contribution in [0.1, 0.15) is 55.3 Å². The molecule has 0 saturated carbocycles. The maximum absolute atomic E-state index is 12.7. The number of esters is 1. The van der Waals surface area contributed by atoms with Gasteiger partial charge in [-0.2, -0.15) is 0 Å². The predicted octanol–water partition coefficient (Wildman–Crippen LogP) is 4.71. The number of furan rings is 1. The molecule has 0 aliphatic heterocycles. The first-order valence-electron chi connectivity index (χ1n) is 10.2. The lowest BCUT2D eigenvalue weighted by Gasteiger charge is -2.07. The largest absolute Gasteiger partial charge is 0.484 e. The van der Waals surface area contributed by atoms with E-state index in [4.69, 9.17) is 31.2 Å². The predicted molar refractivity (Wildman–Crippen MR) is 127 cm³/mol. The number of hydrogen-bond donors (Lipinski definition) is 2. The van der Waals surface area contributed by atoms with Crippen LogP contribution in [0.5, 0.6) is 5.75 Å². The van der Waals surface area contributed by atoms with Gasteiger partial charge in [0.2, 0.25) is 0 Å². The van der Waals surface area contributed by atoms with E-state index >= 15 is 0 Å². The molecule has 3 N–H and O–H groups in total. The third kappa shape index (κ3) is 5.97. The number of anilines is 1. The zero-order valence-corrected chi connectivity index (χ0v) is 20.2. The summed E-state index contributed by atoms with van der Waals surface area (Å²) in [5.41, 5.74) is 5.57. The van der Waals surface area contributed by atoms with Crippen LogP contribution in [0.4, 0.5) is 10.7 Å². The van der Waals surface area contributed by atoms with Crippen molar-refractivity contribution < 1.29 is 33.2 Å². The van der Waals surface area contributed by atoms with Crippen LogP contribution in [0.2, 0.25) is 5.02 Å². The highest BCUT2D eigenvalue weighted by atomic mass is 35.5. The zero-order chi connectivity index (χ0) is 25.7. The number of hydrogen-bond acceptors (Lipinski definition) is 9. The van der Waals surface area contributed by atoms with Gasteiger partial charge in [-0.25, -0.2) is 4.79 Å². The molecular formula is C22H20ClN3O8S. The Morgan fingerprint density at radius 1 is 1.26 bits per heavy atom. The SMILES string of the molecule is CCCOC(=O)c1c(NC(=O)c2ccc(COc3ccc([N+](=O)[O-])cc3Cl)o2)sc(C(N)=O)c1C. The number of benzene rings is 1. The molecule has 11 nitrogen and oxygen atoms in total. The Labute approximate surface area is 207 Å². The van der Waals surface area contributed by atoms with Crippen molar-refractivity contribution in [3.63, 3.8) is 0 Å². The van der Waals surface area contributed by atoms with Gasteiger partial charge in [0.05, 0.1) is 27.0 Å². The fourth-order valence-electron chi connectivity index (χ4n) is 2.96. The molecule has 0 aliphatic rings. The molecule has 3 aromatic rings. The summed E-state index contributed by atoms with van der Waals surface area (Å²) < 4.78 is 16.2. The number of carbonyl (C=O) groups is 3. The highest BCUT2D eigenvalue weighted by molar-refractivity contribution is 7.18. The lowest BCUT2D eigenvalue weighted by Crippen LogP contribution is -2.15. The summed E-state index contributed by atoms with van der Waals surface area (Å²) in [4.78, 5) is 47.3. The molecule has 184 valence electrons. The molecule has 0 radical (unpaired) electrons. The molecule has 2 aromatic heterocycles. The van der Waals surface area contributed by atoms with Crippen molar-refractivity contribution in [3.8, 4) is 5.75 Å². The number of halogens is 1. The fraction of sp³-hybridized carbons (Fsp3) is 0.227. The van der Waals surface area contributed by atoms with E-state index < -0.39 is 22.7 Å². The molecule has 2 amide bonds. The third-order valence-electron chi connectivity index (χ3n) is 4.62. The molecule has 0 bridgehead atoms. The Hall–Kier alpha value is -3.90. The van der Waals surface area contributed by atoms with Crippen molar-refractivity contribution in [1.29, 1.82) is 0 Å². The van der Waals surface area contributed by atoms with E-state index in [1.165, 1.54) is 24.3 Å². The molecule has 3 rings (SSSR count). The molecule has 0 fully saturated rings. The van der Waals surface area contributed by atoms with Gasteiger partial charge in [-0.05, 0) is 37.1 Å². The van der Waals surface area contributed by atoms with E-state index in [-0.39, 0.29) is 56.6 Å². The van der Waals surface area contributed by atoms with Gasteiger partial charge in [0.25, 0.3) is 17.5 Å². The summed E-state index contributed by atoms with van der Waals surface area (Å²) in [7, 11) is 0. The molecule has 13 heteroatoms. The lowest BCUT2D eigenvalue weighted by molar-refractivity contribution is -0.384. The van der Waals surface area contributed by atoms with E-state index in [9.17, 15) is 24.5 Å². The molecule has 0 unspecified atom stereocenters. The summed E-state index contributed by atoms with van der Waals surface area (Å²) in [5, 5.41) is 13.5. The van der Waals surface area contributed by atoms with Gasteiger partial charge in [-0.1, -0.05) is 18.5 Å². The molecule has 0 aliphatic carbocycles. The first-order chi connectivity index (χ1) is 16.6. The molecule has 1 aromatic carbocycles. The zero-order valence-electron chi connectivity index (χ0n) is 18.6. The second-order valence-electron chi connectivity index (χ2n) is 7.14. The van der Waals surface area contributed by atoms with Crippen molar-refractivity contribution in [2.24, 2.45) is 5.73 Å². The maximum atomic E-state index is 12.7. The fourth-order valence-corrected chi connectivity index (χ4v) is 4.23. The van der Waals surface area contributed by atoms with Crippen LogP contribution >= 0.6 is 22.9 Å². The number of primary amides is 1. The number of thiophene rings is 1. The number of nitrogens with zero attached hydrogens (tertiary/aromatic N) is 1. The van der Waals surface area contributed by atoms with Crippen LogP contribution in [-0.2, 0) is 11.3 Å². The van der Waals surface area contributed by atoms with E-state index in [1.807, 2.05) is 6.92 Å². The number of non-ortho nitro benzene ring substituents is 1. The van der Waals surface area contributed by atoms with Gasteiger partial charge in [0.15, 0.2) is 5.76 Å². The van der Waals surface area contributed by atoms with Gasteiger partial charge in [-0.3, -0.25) is 19.7 Å². The van der Waals surface area contributed by atoms with E-state index in [2.05, 4.69) is 5.32 Å². The quantitative estimate of drug-likeness (QED) is 0.220. The topological polar surface area (TPSA) is 164 Å². The minimum Gasteiger partial charge on any atom is -0.484 e. The van der Waals surface area contributed by atoms with E-state index in [0.717, 1.165) is 17.4 Å². The van der Waals surface area contributed by atoms with Gasteiger partial charge >= 0.3 is 5.97 Å². The van der Waals surface area contributed by atoms with Gasteiger partial charge in [0.1, 0.15) is 23.1 Å². The summed E-state index contributed by atoms with van der Waals surface area (Å²) in [6.45, 7) is 3.44. The van der Waals surface area contributed by atoms with Gasteiger partial charge in [-0.15, -0.1) is 11.3 Å². The monoisotopic (exact) mass is 521 g/mol.